The molecule has 0 aliphatic heterocycles. The van der Waals surface area contributed by atoms with E-state index in [4.69, 9.17) is 0 Å². The largest absolute Gasteiger partial charge is 0.391 e. The van der Waals surface area contributed by atoms with Gasteiger partial charge in [-0.05, 0) is 89.4 Å². The predicted molar refractivity (Wildman–Crippen MR) is 224 cm³/mol. The van der Waals surface area contributed by atoms with Crippen LogP contribution < -0.4 is 37.2 Å². The summed E-state index contributed by atoms with van der Waals surface area (Å²) in [6.45, 7) is 24.8. The molecule has 0 aromatic rings. The Balaban J connectivity index is 6.08. The third kappa shape index (κ3) is 22.2. The van der Waals surface area contributed by atoms with Crippen LogP contribution in [0.3, 0.4) is 0 Å². The average molecular weight is 824 g/mol. The van der Waals surface area contributed by atoms with E-state index in [1.165, 1.54) is 20.8 Å². The molecule has 0 saturated carbocycles. The molecule has 7 amide bonds. The number of carbonyl (C=O) groups is 8. The van der Waals surface area contributed by atoms with Crippen LogP contribution >= 0.6 is 0 Å². The smallest absolute Gasteiger partial charge is 0.245 e. The third-order valence-corrected chi connectivity index (χ3v) is 9.35. The molecule has 0 aromatic carbocycles. The van der Waals surface area contributed by atoms with Crippen molar-refractivity contribution in [2.75, 3.05) is 0 Å². The van der Waals surface area contributed by atoms with Gasteiger partial charge in [-0.15, -0.1) is 0 Å². The van der Waals surface area contributed by atoms with Crippen LogP contribution in [0.5, 0.6) is 0 Å². The second kappa shape index (κ2) is 26.8. The van der Waals surface area contributed by atoms with Crippen molar-refractivity contribution in [3.8, 4) is 0 Å². The Morgan fingerprint density at radius 3 is 1.05 bits per heavy atom. The Bertz CT molecular complexity index is 1370. The van der Waals surface area contributed by atoms with Crippen molar-refractivity contribution in [1.29, 1.82) is 0 Å². The maximum atomic E-state index is 13.9. The number of nitrogens with one attached hydrogen (secondary N) is 7. The van der Waals surface area contributed by atoms with Crippen molar-refractivity contribution in [2.24, 2.45) is 29.6 Å². The van der Waals surface area contributed by atoms with E-state index in [0.717, 1.165) is 6.42 Å². The fraction of sp³-hybridized carbons (Fsp3) is 0.810. The highest BCUT2D eigenvalue weighted by Gasteiger charge is 2.34. The first kappa shape index (κ1) is 53.9. The summed E-state index contributed by atoms with van der Waals surface area (Å²) in [5.41, 5.74) is 0. The topological polar surface area (TPSA) is 241 Å². The van der Waals surface area contributed by atoms with Crippen LogP contribution in [-0.4, -0.2) is 101 Å². The minimum atomic E-state index is -1.30. The number of aliphatic hydroxyl groups excluding tert-OH is 1. The summed E-state index contributed by atoms with van der Waals surface area (Å²) in [5.74, 6) is -4.23. The van der Waals surface area contributed by atoms with Crippen LogP contribution in [0.4, 0.5) is 0 Å². The molecule has 0 radical (unpaired) electrons. The number of amides is 7. The van der Waals surface area contributed by atoms with E-state index in [-0.39, 0.29) is 61.6 Å². The van der Waals surface area contributed by atoms with Crippen LogP contribution in [0.1, 0.15) is 142 Å². The van der Waals surface area contributed by atoms with Gasteiger partial charge in [0.05, 0.1) is 12.1 Å². The normalized spacial score (nSPS) is 15.7. The van der Waals surface area contributed by atoms with Crippen molar-refractivity contribution < 1.29 is 43.5 Å². The SMILES string of the molecule is CC(=O)[C@H](C)NC(=O)[C@H](CC(C)C)NC(=O)[C@@H](CC(C)C)NC(=O)[C@@H](CC(C)C)NC(=O)[C@H](CC(C)C)NC(=O)[C@H](C)NC(=O)[C@@H](NC(=O)CCCC(C)C)[C@@H](C)O. The molecule has 0 heterocycles. The molecule has 16 heteroatoms. The van der Waals surface area contributed by atoms with Crippen LogP contribution in [0, 0.1) is 29.6 Å². The maximum Gasteiger partial charge on any atom is 0.245 e. The average Bonchev–Trinajstić information content (AvgIpc) is 3.07. The van der Waals surface area contributed by atoms with Crippen LogP contribution in [0.15, 0.2) is 0 Å². The van der Waals surface area contributed by atoms with E-state index in [9.17, 15) is 43.5 Å². The number of rotatable bonds is 27. The van der Waals surface area contributed by atoms with Crippen LogP contribution in [0.25, 0.3) is 0 Å². The molecule has 0 saturated heterocycles. The van der Waals surface area contributed by atoms with Crippen molar-refractivity contribution in [1.82, 2.24) is 37.2 Å². The van der Waals surface area contributed by atoms with Gasteiger partial charge in [0, 0.05) is 6.42 Å². The molecule has 0 aliphatic carbocycles. The first-order valence-electron chi connectivity index (χ1n) is 21.0. The summed E-state index contributed by atoms with van der Waals surface area (Å²) >= 11 is 0. The quantitative estimate of drug-likeness (QED) is 0.0606. The first-order valence-corrected chi connectivity index (χ1v) is 21.0. The fourth-order valence-electron chi connectivity index (χ4n) is 6.03. The zero-order valence-corrected chi connectivity index (χ0v) is 37.7. The molecular weight excluding hydrogens is 747 g/mol. The lowest BCUT2D eigenvalue weighted by Crippen LogP contribution is -2.60. The molecule has 0 rings (SSSR count). The van der Waals surface area contributed by atoms with E-state index < -0.39 is 89.7 Å². The van der Waals surface area contributed by atoms with E-state index in [1.807, 2.05) is 69.2 Å². The lowest BCUT2D eigenvalue weighted by molar-refractivity contribution is -0.136. The van der Waals surface area contributed by atoms with Crippen molar-refractivity contribution in [3.05, 3.63) is 0 Å². The van der Waals surface area contributed by atoms with Gasteiger partial charge in [-0.25, -0.2) is 0 Å². The Morgan fingerprint density at radius 1 is 0.414 bits per heavy atom. The molecule has 0 unspecified atom stereocenters. The number of ketones is 1. The van der Waals surface area contributed by atoms with Gasteiger partial charge < -0.3 is 42.3 Å². The number of hydrogen-bond acceptors (Lipinski definition) is 9. The van der Waals surface area contributed by atoms with E-state index >= 15 is 0 Å². The second-order valence-electron chi connectivity index (χ2n) is 17.9. The third-order valence-electron chi connectivity index (χ3n) is 9.35. The summed E-state index contributed by atoms with van der Waals surface area (Å²) in [6, 6.07) is -7.43. The van der Waals surface area contributed by atoms with Crippen molar-refractivity contribution in [2.45, 2.75) is 190 Å². The van der Waals surface area contributed by atoms with Gasteiger partial charge in [0.15, 0.2) is 5.78 Å². The molecule has 8 N–H and O–H groups in total. The highest BCUT2D eigenvalue weighted by atomic mass is 16.3. The van der Waals surface area contributed by atoms with Crippen molar-refractivity contribution >= 4 is 47.1 Å². The fourth-order valence-corrected chi connectivity index (χ4v) is 6.03. The summed E-state index contributed by atoms with van der Waals surface area (Å²) in [6.07, 6.45) is 1.28. The molecule has 334 valence electrons. The Kier molecular flexibility index (Phi) is 24.9. The Morgan fingerprint density at radius 2 is 0.741 bits per heavy atom. The molecule has 0 fully saturated rings. The monoisotopic (exact) mass is 824 g/mol. The predicted octanol–water partition coefficient (Wildman–Crippen LogP) is 2.40. The van der Waals surface area contributed by atoms with Gasteiger partial charge in [-0.2, -0.15) is 0 Å². The second-order valence-corrected chi connectivity index (χ2v) is 17.9. The maximum absolute atomic E-state index is 13.9. The summed E-state index contributed by atoms with van der Waals surface area (Å²) in [7, 11) is 0. The van der Waals surface area contributed by atoms with E-state index in [1.54, 1.807) is 6.92 Å². The molecular formula is C42H77N7O9. The lowest BCUT2D eigenvalue weighted by Gasteiger charge is -2.29. The molecule has 58 heavy (non-hydrogen) atoms. The van der Waals surface area contributed by atoms with E-state index in [0.29, 0.717) is 12.3 Å². The molecule has 0 aliphatic rings. The van der Waals surface area contributed by atoms with Crippen molar-refractivity contribution in [3.63, 3.8) is 0 Å². The van der Waals surface area contributed by atoms with Gasteiger partial charge >= 0.3 is 0 Å². The Hall–Kier alpha value is -4.08. The molecule has 0 bridgehead atoms. The zero-order valence-electron chi connectivity index (χ0n) is 37.7. The standard InChI is InChI=1S/C42H77N7O9/c1-22(2)16-15-17-35(52)49-36(30(14)51)42(58)44-28(12)37(53)45-32(19-24(5)6)39(55)47-34(21-26(9)10)41(57)48-33(20-25(7)8)40(56)46-31(18-23(3)4)38(54)43-27(11)29(13)50/h22-28,30-34,36,51H,15-21H2,1-14H3,(H,43,54)(H,44,58)(H,45,53)(H,46,56)(H,47,55)(H,48,57)(H,49,52)/t27-,28-,30+,31-,32-,33+,34+,36-/m0/s1. The van der Waals surface area contributed by atoms with Gasteiger partial charge in [-0.3, -0.25) is 38.4 Å². The molecule has 8 atom stereocenters. The van der Waals surface area contributed by atoms with Gasteiger partial charge in [0.2, 0.25) is 41.4 Å². The molecule has 0 aromatic heterocycles. The highest BCUT2D eigenvalue weighted by molar-refractivity contribution is 5.97. The van der Waals surface area contributed by atoms with Gasteiger partial charge in [0.25, 0.3) is 0 Å². The van der Waals surface area contributed by atoms with Gasteiger partial charge in [-0.1, -0.05) is 75.7 Å². The number of Topliss-reactive ketones (excluding diaryl/α,β-unsaturated/α-hetero) is 1. The first-order chi connectivity index (χ1) is 26.7. The molecule has 16 nitrogen and oxygen atoms in total. The number of aliphatic hydroxyl groups is 1. The van der Waals surface area contributed by atoms with Crippen LogP contribution in [-0.2, 0) is 38.4 Å². The summed E-state index contributed by atoms with van der Waals surface area (Å²) in [5, 5.41) is 29.0. The lowest BCUT2D eigenvalue weighted by atomic mass is 9.98. The highest BCUT2D eigenvalue weighted by Crippen LogP contribution is 2.13. The summed E-state index contributed by atoms with van der Waals surface area (Å²) in [4.78, 5) is 105. The van der Waals surface area contributed by atoms with E-state index in [2.05, 4.69) is 37.2 Å². The zero-order chi connectivity index (χ0) is 45.0. The number of carbonyl (C=O) groups excluding carboxylic acids is 8. The summed E-state index contributed by atoms with van der Waals surface area (Å²) < 4.78 is 0. The van der Waals surface area contributed by atoms with Crippen LogP contribution in [0.2, 0.25) is 0 Å². The minimum absolute atomic E-state index is 0.0177. The number of hydrogen-bond donors (Lipinski definition) is 8. The molecule has 0 spiro atoms. The Labute approximate surface area is 347 Å². The minimum Gasteiger partial charge on any atom is -0.391 e. The van der Waals surface area contributed by atoms with Gasteiger partial charge in [0.1, 0.15) is 36.3 Å².